The van der Waals surface area contributed by atoms with Gasteiger partial charge in [0.2, 0.25) is 5.91 Å². The fourth-order valence-electron chi connectivity index (χ4n) is 8.14. The molecule has 10 heteroatoms. The number of amides is 1. The van der Waals surface area contributed by atoms with E-state index in [4.69, 9.17) is 13.8 Å². The summed E-state index contributed by atoms with van der Waals surface area (Å²) in [5, 5.41) is 3.02. The van der Waals surface area contributed by atoms with Gasteiger partial charge in [0.15, 0.2) is 0 Å². The van der Waals surface area contributed by atoms with Gasteiger partial charge in [0.05, 0.1) is 33.8 Å². The number of unbranched alkanes of at least 4 members (excludes halogenated alkanes) is 28. The molecule has 71 heavy (non-hydrogen) atoms. The van der Waals surface area contributed by atoms with Gasteiger partial charge in [-0.2, -0.15) is 0 Å². The minimum atomic E-state index is -4.70. The second-order valence-corrected chi connectivity index (χ2v) is 22.2. The number of likely N-dealkylation sites (N-methyl/N-ethyl adjacent to an activating group) is 1. The topological polar surface area (TPSA) is 114 Å². The highest BCUT2D eigenvalue weighted by molar-refractivity contribution is 7.45. The van der Waals surface area contributed by atoms with Gasteiger partial charge in [0.1, 0.15) is 19.3 Å². The van der Waals surface area contributed by atoms with Gasteiger partial charge < -0.3 is 28.5 Å². The Balaban J connectivity index is 5.34. The van der Waals surface area contributed by atoms with Crippen molar-refractivity contribution in [1.82, 2.24) is 5.32 Å². The summed E-state index contributed by atoms with van der Waals surface area (Å²) in [6.07, 6.45) is 64.3. The third-order valence-electron chi connectivity index (χ3n) is 12.7. The van der Waals surface area contributed by atoms with Crippen molar-refractivity contribution in [3.63, 3.8) is 0 Å². The molecule has 0 saturated heterocycles. The number of esters is 1. The number of hydrogen-bond donors (Lipinski definition) is 1. The lowest BCUT2D eigenvalue weighted by atomic mass is 10.0. The first-order valence-electron chi connectivity index (χ1n) is 29.3. The third-order valence-corrected chi connectivity index (χ3v) is 13.6. The number of phosphoric acid groups is 1. The zero-order chi connectivity index (χ0) is 52.2. The lowest BCUT2D eigenvalue weighted by Gasteiger charge is -2.30. The van der Waals surface area contributed by atoms with E-state index in [0.717, 1.165) is 96.3 Å². The highest BCUT2D eigenvalue weighted by Crippen LogP contribution is 2.38. The second kappa shape index (κ2) is 51.0. The Morgan fingerprint density at radius 1 is 0.521 bits per heavy atom. The van der Waals surface area contributed by atoms with Crippen LogP contribution in [0, 0.1) is 0 Å². The zero-order valence-electron chi connectivity index (χ0n) is 46.9. The van der Waals surface area contributed by atoms with Crippen LogP contribution in [-0.4, -0.2) is 69.4 Å². The number of nitrogens with one attached hydrogen (secondary N) is 1. The summed E-state index contributed by atoms with van der Waals surface area (Å²) in [6, 6.07) is -0.900. The van der Waals surface area contributed by atoms with Crippen molar-refractivity contribution < 1.29 is 37.3 Å². The molecule has 0 rings (SSSR count). The van der Waals surface area contributed by atoms with E-state index in [1.54, 1.807) is 0 Å². The van der Waals surface area contributed by atoms with Crippen LogP contribution in [0.25, 0.3) is 0 Å². The summed E-state index contributed by atoms with van der Waals surface area (Å²) < 4.78 is 30.2. The number of allylic oxidation sites excluding steroid dienone is 11. The summed E-state index contributed by atoms with van der Waals surface area (Å²) in [5.74, 6) is -0.570. The normalized spacial score (nSPS) is 14.3. The Bertz CT molecular complexity index is 1450. The van der Waals surface area contributed by atoms with E-state index in [0.29, 0.717) is 23.9 Å². The second-order valence-electron chi connectivity index (χ2n) is 20.8. The number of carbonyl (C=O) groups excluding carboxylic acids is 2. The molecule has 9 nitrogen and oxygen atoms in total. The van der Waals surface area contributed by atoms with Crippen molar-refractivity contribution in [1.29, 1.82) is 0 Å². The Morgan fingerprint density at radius 3 is 1.48 bits per heavy atom. The van der Waals surface area contributed by atoms with Gasteiger partial charge in [-0.25, -0.2) is 0 Å². The fourth-order valence-corrected chi connectivity index (χ4v) is 8.86. The molecule has 0 aliphatic heterocycles. The number of quaternary nitrogens is 1. The standard InChI is InChI=1S/C61H111N2O7P/c1-7-10-13-16-19-22-25-28-29-30-31-32-33-36-38-41-44-47-50-53-60(64)62-58(57-69-71(66,67)68-56-55-63(4,5)6)59(52-49-46-43-40-37-34-26-23-20-17-14-11-8-2)70-61(65)54-51-48-45-42-39-35-27-24-21-18-15-12-9-3/h12,15,18-19,21-22,24,27-29,49,52,58-59H,7-11,13-14,16-17,20,23,25-26,30-48,50-51,53-57H2,1-6H3,(H-,62,64,66,67)/b15-12+,21-18+,22-19-,27-24-,29-28-,52-49-. The summed E-state index contributed by atoms with van der Waals surface area (Å²) in [5.41, 5.74) is 0. The first-order chi connectivity index (χ1) is 34.4. The smallest absolute Gasteiger partial charge is 0.306 e. The first kappa shape index (κ1) is 68.5. The van der Waals surface area contributed by atoms with E-state index in [1.807, 2.05) is 33.3 Å². The molecular formula is C61H111N2O7P. The van der Waals surface area contributed by atoms with Gasteiger partial charge in [-0.05, 0) is 83.1 Å². The SMILES string of the molecule is CC/C=C/C=C/C=C\CCCCCCCC(=O)OC(/C=C\CCCCCCCCCCCCC)C(COP(=O)([O-])OCC[N+](C)(C)C)NC(=O)CCCCCCCCCCC/C=C\C/C=C\CCCCC. The first-order valence-corrected chi connectivity index (χ1v) is 30.7. The molecule has 412 valence electrons. The summed E-state index contributed by atoms with van der Waals surface area (Å²) in [6.45, 7) is 6.67. The van der Waals surface area contributed by atoms with Crippen LogP contribution >= 0.6 is 7.82 Å². The molecule has 0 spiro atoms. The van der Waals surface area contributed by atoms with Gasteiger partial charge in [-0.3, -0.25) is 14.2 Å². The molecule has 0 aliphatic rings. The van der Waals surface area contributed by atoms with Gasteiger partial charge in [-0.15, -0.1) is 0 Å². The predicted molar refractivity (Wildman–Crippen MR) is 302 cm³/mol. The van der Waals surface area contributed by atoms with Crippen molar-refractivity contribution in [2.75, 3.05) is 40.9 Å². The molecule has 3 atom stereocenters. The molecule has 1 N–H and O–H groups in total. The minimum absolute atomic E-state index is 0.0290. The maximum atomic E-state index is 13.5. The molecule has 1 amide bonds. The van der Waals surface area contributed by atoms with Crippen LogP contribution in [0.2, 0.25) is 0 Å². The van der Waals surface area contributed by atoms with Crippen molar-refractivity contribution in [2.45, 2.75) is 264 Å². The van der Waals surface area contributed by atoms with E-state index < -0.39 is 26.6 Å². The molecule has 0 aromatic heterocycles. The van der Waals surface area contributed by atoms with Crippen molar-refractivity contribution in [3.05, 3.63) is 72.9 Å². The molecule has 0 fully saturated rings. The van der Waals surface area contributed by atoms with E-state index in [-0.39, 0.29) is 24.9 Å². The number of nitrogens with zero attached hydrogens (tertiary/aromatic N) is 1. The van der Waals surface area contributed by atoms with E-state index in [2.05, 4.69) is 86.8 Å². The van der Waals surface area contributed by atoms with Gasteiger partial charge in [-0.1, -0.05) is 229 Å². The van der Waals surface area contributed by atoms with Crippen molar-refractivity contribution >= 4 is 19.7 Å². The fraction of sp³-hybridized carbons (Fsp3) is 0.770. The highest BCUT2D eigenvalue weighted by atomic mass is 31.2. The van der Waals surface area contributed by atoms with E-state index in [9.17, 15) is 19.0 Å². The molecular weight excluding hydrogens is 904 g/mol. The van der Waals surface area contributed by atoms with Crippen molar-refractivity contribution in [2.24, 2.45) is 0 Å². The van der Waals surface area contributed by atoms with Crippen LogP contribution < -0.4 is 10.2 Å². The highest BCUT2D eigenvalue weighted by Gasteiger charge is 2.27. The number of hydrogen-bond acceptors (Lipinski definition) is 7. The summed E-state index contributed by atoms with van der Waals surface area (Å²) >= 11 is 0. The molecule has 0 aromatic rings. The van der Waals surface area contributed by atoms with Gasteiger partial charge in [0.25, 0.3) is 7.82 Å². The Hall–Kier alpha value is -2.55. The zero-order valence-corrected chi connectivity index (χ0v) is 47.8. The number of rotatable bonds is 52. The van der Waals surface area contributed by atoms with Crippen LogP contribution in [0.3, 0.4) is 0 Å². The quantitative estimate of drug-likeness (QED) is 0.0161. The summed E-state index contributed by atoms with van der Waals surface area (Å²) in [4.78, 5) is 39.9. The van der Waals surface area contributed by atoms with Crippen LogP contribution in [0.5, 0.6) is 0 Å². The number of carbonyl (C=O) groups is 2. The molecule has 3 unspecified atom stereocenters. The number of phosphoric ester groups is 1. The maximum absolute atomic E-state index is 13.5. The third kappa shape index (κ3) is 52.1. The molecule has 0 aliphatic carbocycles. The molecule has 0 aromatic carbocycles. The average molecular weight is 1020 g/mol. The van der Waals surface area contributed by atoms with Gasteiger partial charge >= 0.3 is 5.97 Å². The lowest BCUT2D eigenvalue weighted by molar-refractivity contribution is -0.870. The lowest BCUT2D eigenvalue weighted by Crippen LogP contribution is -2.47. The molecule has 0 radical (unpaired) electrons. The van der Waals surface area contributed by atoms with Crippen molar-refractivity contribution in [3.8, 4) is 0 Å². The monoisotopic (exact) mass is 1010 g/mol. The van der Waals surface area contributed by atoms with E-state index >= 15 is 0 Å². The van der Waals surface area contributed by atoms with Crippen LogP contribution in [0.4, 0.5) is 0 Å². The van der Waals surface area contributed by atoms with Crippen LogP contribution in [0.1, 0.15) is 252 Å². The molecule has 0 saturated carbocycles. The summed E-state index contributed by atoms with van der Waals surface area (Å²) in [7, 11) is 1.16. The molecule has 0 heterocycles. The largest absolute Gasteiger partial charge is 0.756 e. The molecule has 0 bridgehead atoms. The van der Waals surface area contributed by atoms with E-state index in [1.165, 1.54) is 116 Å². The average Bonchev–Trinajstić information content (AvgIpc) is 3.33. The van der Waals surface area contributed by atoms with Gasteiger partial charge in [0, 0.05) is 12.8 Å². The predicted octanol–water partition coefficient (Wildman–Crippen LogP) is 17.0. The van der Waals surface area contributed by atoms with Crippen LogP contribution in [-0.2, 0) is 27.9 Å². The minimum Gasteiger partial charge on any atom is -0.756 e. The maximum Gasteiger partial charge on any atom is 0.306 e. The van der Waals surface area contributed by atoms with Crippen LogP contribution in [0.15, 0.2) is 72.9 Å². The Kier molecular flexibility index (Phi) is 49.1. The number of ether oxygens (including phenoxy) is 1. The Labute approximate surface area is 438 Å². The Morgan fingerprint density at radius 2 is 0.958 bits per heavy atom.